The van der Waals surface area contributed by atoms with Crippen molar-refractivity contribution in [2.24, 2.45) is 0 Å². The van der Waals surface area contributed by atoms with E-state index in [1.807, 2.05) is 0 Å². The molecule has 29 heavy (non-hydrogen) atoms. The number of anilines is 1. The number of esters is 1. The van der Waals surface area contributed by atoms with E-state index < -0.39 is 23.2 Å². The SMILES string of the molecule is CCOC(=O)c1ccc(CN2C(=O)S[C@@H](Nc3ccc(C(=O)O)cc3)C2=O)cc1. The summed E-state index contributed by atoms with van der Waals surface area (Å²) in [4.78, 5) is 48.6. The summed E-state index contributed by atoms with van der Waals surface area (Å²) in [5, 5.41) is 10.7. The largest absolute Gasteiger partial charge is 0.478 e. The van der Waals surface area contributed by atoms with Crippen LogP contribution in [0.4, 0.5) is 10.5 Å². The summed E-state index contributed by atoms with van der Waals surface area (Å²) in [7, 11) is 0. The fourth-order valence-electron chi connectivity index (χ4n) is 2.68. The lowest BCUT2D eigenvalue weighted by molar-refractivity contribution is -0.126. The summed E-state index contributed by atoms with van der Waals surface area (Å²) in [6.07, 6.45) is 0. The third kappa shape index (κ3) is 4.75. The van der Waals surface area contributed by atoms with E-state index in [4.69, 9.17) is 9.84 Å². The Morgan fingerprint density at radius 2 is 1.69 bits per heavy atom. The Hall–Kier alpha value is -3.33. The van der Waals surface area contributed by atoms with Gasteiger partial charge in [-0.15, -0.1) is 0 Å². The lowest BCUT2D eigenvalue weighted by Gasteiger charge is -2.15. The zero-order chi connectivity index (χ0) is 21.0. The molecule has 3 rings (SSSR count). The maximum Gasteiger partial charge on any atom is 0.338 e. The average molecular weight is 414 g/mol. The summed E-state index contributed by atoms with van der Waals surface area (Å²) in [6, 6.07) is 12.4. The van der Waals surface area contributed by atoms with Crippen molar-refractivity contribution < 1.29 is 29.0 Å². The van der Waals surface area contributed by atoms with Crippen LogP contribution in [0.2, 0.25) is 0 Å². The van der Waals surface area contributed by atoms with E-state index in [1.165, 1.54) is 12.1 Å². The molecule has 0 bridgehead atoms. The van der Waals surface area contributed by atoms with Crippen molar-refractivity contribution in [3.63, 3.8) is 0 Å². The van der Waals surface area contributed by atoms with Crippen molar-refractivity contribution in [1.29, 1.82) is 0 Å². The molecule has 1 heterocycles. The van der Waals surface area contributed by atoms with Gasteiger partial charge in [-0.05, 0) is 60.6 Å². The number of amides is 2. The Labute approximate surface area is 170 Å². The molecule has 8 nitrogen and oxygen atoms in total. The number of carbonyl (C=O) groups is 4. The molecule has 0 unspecified atom stereocenters. The quantitative estimate of drug-likeness (QED) is 0.664. The van der Waals surface area contributed by atoms with Gasteiger partial charge in [-0.3, -0.25) is 14.5 Å². The first-order chi connectivity index (χ1) is 13.9. The highest BCUT2D eigenvalue weighted by Gasteiger charge is 2.39. The minimum absolute atomic E-state index is 0.0872. The van der Waals surface area contributed by atoms with Crippen LogP contribution in [0.15, 0.2) is 48.5 Å². The molecule has 150 valence electrons. The van der Waals surface area contributed by atoms with Crippen LogP contribution >= 0.6 is 11.8 Å². The van der Waals surface area contributed by atoms with Crippen molar-refractivity contribution in [2.45, 2.75) is 18.8 Å². The van der Waals surface area contributed by atoms with E-state index in [2.05, 4.69) is 5.32 Å². The highest BCUT2D eigenvalue weighted by atomic mass is 32.2. The number of nitrogens with one attached hydrogen (secondary N) is 1. The van der Waals surface area contributed by atoms with E-state index in [0.717, 1.165) is 16.7 Å². The second-order valence-electron chi connectivity index (χ2n) is 6.13. The van der Waals surface area contributed by atoms with Gasteiger partial charge in [0.25, 0.3) is 11.1 Å². The number of hydrogen-bond donors (Lipinski definition) is 2. The Morgan fingerprint density at radius 1 is 1.07 bits per heavy atom. The number of ether oxygens (including phenoxy) is 1. The first kappa shape index (κ1) is 20.4. The molecule has 0 radical (unpaired) electrons. The van der Waals surface area contributed by atoms with Gasteiger partial charge >= 0.3 is 11.9 Å². The highest BCUT2D eigenvalue weighted by molar-refractivity contribution is 8.15. The molecule has 2 amide bonds. The molecule has 1 saturated heterocycles. The van der Waals surface area contributed by atoms with Gasteiger partial charge in [0, 0.05) is 5.69 Å². The van der Waals surface area contributed by atoms with Crippen molar-refractivity contribution in [3.05, 3.63) is 65.2 Å². The summed E-state index contributed by atoms with van der Waals surface area (Å²) < 4.78 is 4.92. The Morgan fingerprint density at radius 3 is 2.28 bits per heavy atom. The second-order valence-corrected chi connectivity index (χ2v) is 7.19. The fraction of sp³-hybridized carbons (Fsp3) is 0.200. The van der Waals surface area contributed by atoms with Gasteiger partial charge in [0.1, 0.15) is 0 Å². The van der Waals surface area contributed by atoms with Crippen LogP contribution in [0.3, 0.4) is 0 Å². The van der Waals surface area contributed by atoms with Crippen molar-refractivity contribution in [1.82, 2.24) is 4.90 Å². The minimum atomic E-state index is -1.04. The highest BCUT2D eigenvalue weighted by Crippen LogP contribution is 2.29. The first-order valence-electron chi connectivity index (χ1n) is 8.77. The number of carboxylic acids is 1. The molecule has 2 aromatic carbocycles. The summed E-state index contributed by atoms with van der Waals surface area (Å²) >= 11 is 0.857. The van der Waals surface area contributed by atoms with Crippen molar-refractivity contribution in [2.75, 3.05) is 11.9 Å². The number of imide groups is 1. The van der Waals surface area contributed by atoms with Crippen LogP contribution in [0.25, 0.3) is 0 Å². The molecule has 1 atom stereocenters. The van der Waals surface area contributed by atoms with Crippen LogP contribution in [0, 0.1) is 0 Å². The van der Waals surface area contributed by atoms with Crippen molar-refractivity contribution >= 4 is 40.5 Å². The molecule has 0 aromatic heterocycles. The van der Waals surface area contributed by atoms with E-state index in [0.29, 0.717) is 16.8 Å². The Balaban J connectivity index is 1.64. The van der Waals surface area contributed by atoms with Crippen LogP contribution in [-0.2, 0) is 16.1 Å². The maximum absolute atomic E-state index is 12.6. The van der Waals surface area contributed by atoms with Gasteiger partial charge < -0.3 is 15.2 Å². The molecule has 1 aliphatic rings. The smallest absolute Gasteiger partial charge is 0.338 e. The molecular weight excluding hydrogens is 396 g/mol. The normalized spacial score (nSPS) is 16.0. The molecule has 1 fully saturated rings. The molecule has 9 heteroatoms. The molecule has 1 aliphatic heterocycles. The number of rotatable bonds is 7. The zero-order valence-corrected chi connectivity index (χ0v) is 16.3. The van der Waals surface area contributed by atoms with Gasteiger partial charge in [0.2, 0.25) is 0 Å². The van der Waals surface area contributed by atoms with Crippen LogP contribution in [-0.4, -0.2) is 45.1 Å². The Bertz CT molecular complexity index is 942. The fourth-order valence-corrected chi connectivity index (χ4v) is 3.59. The van der Waals surface area contributed by atoms with E-state index >= 15 is 0 Å². The van der Waals surface area contributed by atoms with Gasteiger partial charge in [-0.25, -0.2) is 9.59 Å². The topological polar surface area (TPSA) is 113 Å². The molecule has 0 aliphatic carbocycles. The van der Waals surface area contributed by atoms with Gasteiger partial charge in [-0.1, -0.05) is 12.1 Å². The number of aromatic carboxylic acids is 1. The molecule has 0 spiro atoms. The molecule has 2 N–H and O–H groups in total. The van der Waals surface area contributed by atoms with Gasteiger partial charge in [-0.2, -0.15) is 0 Å². The molecular formula is C20H18N2O6S. The predicted octanol–water partition coefficient (Wildman–Crippen LogP) is 3.20. The number of thioether (sulfide) groups is 1. The Kier molecular flexibility index (Phi) is 6.18. The second kappa shape index (κ2) is 8.78. The predicted molar refractivity (Wildman–Crippen MR) is 107 cm³/mol. The standard InChI is InChI=1S/C20H18N2O6S/c1-2-28-19(26)14-5-3-12(4-6-14)11-22-17(23)16(29-20(22)27)21-15-9-7-13(8-10-15)18(24)25/h3-10,16,21H,2,11H2,1H3,(H,24,25)/t16-/m1/s1. The zero-order valence-electron chi connectivity index (χ0n) is 15.5. The van der Waals surface area contributed by atoms with Gasteiger partial charge in [0.15, 0.2) is 5.37 Å². The van der Waals surface area contributed by atoms with E-state index in [-0.39, 0.29) is 24.0 Å². The van der Waals surface area contributed by atoms with Crippen LogP contribution in [0.1, 0.15) is 33.2 Å². The van der Waals surface area contributed by atoms with E-state index in [9.17, 15) is 19.2 Å². The summed E-state index contributed by atoms with van der Waals surface area (Å²) in [6.45, 7) is 2.09. The molecule has 2 aromatic rings. The summed E-state index contributed by atoms with van der Waals surface area (Å²) in [5.41, 5.74) is 1.76. The monoisotopic (exact) mass is 414 g/mol. The summed E-state index contributed by atoms with van der Waals surface area (Å²) in [5.74, 6) is -1.86. The maximum atomic E-state index is 12.6. The van der Waals surface area contributed by atoms with Crippen LogP contribution in [0.5, 0.6) is 0 Å². The lowest BCUT2D eigenvalue weighted by atomic mass is 10.1. The number of carbonyl (C=O) groups excluding carboxylic acids is 3. The number of hydrogen-bond acceptors (Lipinski definition) is 7. The molecule has 0 saturated carbocycles. The number of carboxylic acid groups (broad SMARTS) is 1. The third-order valence-corrected chi connectivity index (χ3v) is 5.14. The average Bonchev–Trinajstić information content (AvgIpc) is 2.96. The lowest BCUT2D eigenvalue weighted by Crippen LogP contribution is -2.33. The van der Waals surface area contributed by atoms with Crippen molar-refractivity contribution in [3.8, 4) is 0 Å². The van der Waals surface area contributed by atoms with E-state index in [1.54, 1.807) is 43.3 Å². The minimum Gasteiger partial charge on any atom is -0.478 e. The third-order valence-electron chi connectivity index (χ3n) is 4.16. The first-order valence-corrected chi connectivity index (χ1v) is 9.65. The van der Waals surface area contributed by atoms with Gasteiger partial charge in [0.05, 0.1) is 24.3 Å². The number of benzene rings is 2. The number of nitrogens with zero attached hydrogens (tertiary/aromatic N) is 1. The van der Waals surface area contributed by atoms with Crippen LogP contribution < -0.4 is 5.32 Å².